The van der Waals surface area contributed by atoms with Gasteiger partial charge in [0.2, 0.25) is 0 Å². The first-order chi connectivity index (χ1) is 8.70. The molecule has 1 unspecified atom stereocenters. The molecule has 18 heavy (non-hydrogen) atoms. The first kappa shape index (κ1) is 14.0. The Balaban J connectivity index is 2.01. The molecule has 1 atom stereocenters. The van der Waals surface area contributed by atoms with E-state index < -0.39 is 0 Å². The number of carbonyl (C=O) groups excluding carboxylic acids is 1. The van der Waals surface area contributed by atoms with E-state index in [9.17, 15) is 4.79 Å². The highest BCUT2D eigenvalue weighted by Gasteiger charge is 2.29. The molecule has 0 aliphatic carbocycles. The molecule has 1 aromatic rings. The number of ether oxygens (including phenoxy) is 1. The fourth-order valence-corrected chi connectivity index (χ4v) is 3.27. The molecule has 2 rings (SSSR count). The van der Waals surface area contributed by atoms with Gasteiger partial charge in [-0.05, 0) is 39.9 Å². The van der Waals surface area contributed by atoms with Crippen molar-refractivity contribution < 1.29 is 9.53 Å². The summed E-state index contributed by atoms with van der Waals surface area (Å²) in [6, 6.07) is 1.94. The van der Waals surface area contributed by atoms with Gasteiger partial charge in [0.05, 0.1) is 10.4 Å². The normalized spacial score (nSPS) is 20.9. The second-order valence-corrected chi connectivity index (χ2v) is 6.49. The number of halogens is 1. The molecule has 2 heterocycles. The summed E-state index contributed by atoms with van der Waals surface area (Å²) in [6.07, 6.45) is 0. The molecule has 100 valence electrons. The fraction of sp³-hybridized carbons (Fsp3) is 0.583. The highest BCUT2D eigenvalue weighted by molar-refractivity contribution is 9.11. The fourth-order valence-electron chi connectivity index (χ4n) is 2.07. The van der Waals surface area contributed by atoms with Crippen LogP contribution >= 0.6 is 27.3 Å². The lowest BCUT2D eigenvalue weighted by Gasteiger charge is -2.34. The van der Waals surface area contributed by atoms with Gasteiger partial charge in [0.1, 0.15) is 6.04 Å². The third-order valence-electron chi connectivity index (χ3n) is 2.92. The van der Waals surface area contributed by atoms with E-state index in [2.05, 4.69) is 37.6 Å². The van der Waals surface area contributed by atoms with Crippen LogP contribution in [0.4, 0.5) is 0 Å². The monoisotopic (exact) mass is 332 g/mol. The molecule has 0 bridgehead atoms. The SMILES string of the molecule is CCOC(=O)C1CNCCN1Cc1csc(Br)c1. The van der Waals surface area contributed by atoms with Gasteiger partial charge in [-0.1, -0.05) is 0 Å². The summed E-state index contributed by atoms with van der Waals surface area (Å²) in [7, 11) is 0. The van der Waals surface area contributed by atoms with Crippen molar-refractivity contribution in [3.05, 3.63) is 20.8 Å². The molecule has 0 amide bonds. The van der Waals surface area contributed by atoms with Crippen molar-refractivity contribution in [2.24, 2.45) is 0 Å². The summed E-state index contributed by atoms with van der Waals surface area (Å²) in [5.41, 5.74) is 1.24. The number of hydrogen-bond acceptors (Lipinski definition) is 5. The molecule has 1 fully saturated rings. The molecule has 1 aliphatic heterocycles. The van der Waals surface area contributed by atoms with Gasteiger partial charge in [0.15, 0.2) is 0 Å². The zero-order chi connectivity index (χ0) is 13.0. The quantitative estimate of drug-likeness (QED) is 0.854. The van der Waals surface area contributed by atoms with Gasteiger partial charge >= 0.3 is 5.97 Å². The minimum Gasteiger partial charge on any atom is -0.465 e. The van der Waals surface area contributed by atoms with E-state index in [0.717, 1.165) is 23.4 Å². The minimum absolute atomic E-state index is 0.126. The Hall–Kier alpha value is -0.430. The minimum atomic E-state index is -0.169. The Morgan fingerprint density at radius 3 is 3.22 bits per heavy atom. The molecule has 1 saturated heterocycles. The third-order valence-corrected chi connectivity index (χ3v) is 4.47. The zero-order valence-corrected chi connectivity index (χ0v) is 12.7. The molecule has 0 aromatic carbocycles. The van der Waals surface area contributed by atoms with Crippen LogP contribution in [0.1, 0.15) is 12.5 Å². The van der Waals surface area contributed by atoms with Crippen LogP contribution in [0.2, 0.25) is 0 Å². The number of nitrogens with one attached hydrogen (secondary N) is 1. The summed E-state index contributed by atoms with van der Waals surface area (Å²) in [6.45, 7) is 5.54. The molecule has 1 N–H and O–H groups in total. The maximum Gasteiger partial charge on any atom is 0.324 e. The van der Waals surface area contributed by atoms with E-state index >= 15 is 0 Å². The van der Waals surface area contributed by atoms with E-state index in [0.29, 0.717) is 13.2 Å². The number of thiophene rings is 1. The number of piperazine rings is 1. The van der Waals surface area contributed by atoms with Crippen molar-refractivity contribution in [1.82, 2.24) is 10.2 Å². The Labute approximate surface area is 119 Å². The molecule has 4 nitrogen and oxygen atoms in total. The average Bonchev–Trinajstić information content (AvgIpc) is 2.76. The van der Waals surface area contributed by atoms with Gasteiger partial charge in [-0.15, -0.1) is 11.3 Å². The lowest BCUT2D eigenvalue weighted by Crippen LogP contribution is -2.54. The van der Waals surface area contributed by atoms with E-state index in [1.807, 2.05) is 6.92 Å². The van der Waals surface area contributed by atoms with Crippen molar-refractivity contribution in [3.8, 4) is 0 Å². The van der Waals surface area contributed by atoms with Crippen LogP contribution in [0.25, 0.3) is 0 Å². The molecule has 1 aromatic heterocycles. The lowest BCUT2D eigenvalue weighted by atomic mass is 10.1. The maximum atomic E-state index is 11.9. The maximum absolute atomic E-state index is 11.9. The Bertz CT molecular complexity index is 411. The van der Waals surface area contributed by atoms with Crippen molar-refractivity contribution in [1.29, 1.82) is 0 Å². The second-order valence-electron chi connectivity index (χ2n) is 4.20. The molecule has 0 saturated carbocycles. The molecule has 1 aliphatic rings. The second kappa shape index (κ2) is 6.65. The van der Waals surface area contributed by atoms with Crippen LogP contribution in [-0.2, 0) is 16.1 Å². The van der Waals surface area contributed by atoms with Crippen molar-refractivity contribution in [2.45, 2.75) is 19.5 Å². The van der Waals surface area contributed by atoms with Crippen LogP contribution in [0.15, 0.2) is 15.2 Å². The largest absolute Gasteiger partial charge is 0.465 e. The smallest absolute Gasteiger partial charge is 0.324 e. The number of hydrogen-bond donors (Lipinski definition) is 1. The van der Waals surface area contributed by atoms with Gasteiger partial charge in [0, 0.05) is 26.2 Å². The van der Waals surface area contributed by atoms with Crippen LogP contribution in [0.3, 0.4) is 0 Å². The van der Waals surface area contributed by atoms with Crippen LogP contribution in [0, 0.1) is 0 Å². The first-order valence-electron chi connectivity index (χ1n) is 6.05. The highest BCUT2D eigenvalue weighted by atomic mass is 79.9. The first-order valence-corrected chi connectivity index (χ1v) is 7.72. The Kier molecular flexibility index (Phi) is 5.17. The average molecular weight is 333 g/mol. The number of esters is 1. The van der Waals surface area contributed by atoms with Gasteiger partial charge < -0.3 is 10.1 Å². The Morgan fingerprint density at radius 1 is 1.72 bits per heavy atom. The van der Waals surface area contributed by atoms with Gasteiger partial charge in [-0.2, -0.15) is 0 Å². The zero-order valence-electron chi connectivity index (χ0n) is 10.3. The summed E-state index contributed by atoms with van der Waals surface area (Å²) in [5, 5.41) is 5.37. The summed E-state index contributed by atoms with van der Waals surface area (Å²) in [5.74, 6) is -0.126. The van der Waals surface area contributed by atoms with Gasteiger partial charge in [0.25, 0.3) is 0 Å². The topological polar surface area (TPSA) is 41.6 Å². The van der Waals surface area contributed by atoms with Gasteiger partial charge in [-0.3, -0.25) is 9.69 Å². The van der Waals surface area contributed by atoms with Crippen LogP contribution in [0.5, 0.6) is 0 Å². The van der Waals surface area contributed by atoms with Crippen LogP contribution in [-0.4, -0.2) is 43.2 Å². The van der Waals surface area contributed by atoms with Crippen molar-refractivity contribution in [2.75, 3.05) is 26.2 Å². The summed E-state index contributed by atoms with van der Waals surface area (Å²) >= 11 is 5.13. The van der Waals surface area contributed by atoms with E-state index in [1.165, 1.54) is 5.56 Å². The molecule has 0 spiro atoms. The van der Waals surface area contributed by atoms with E-state index in [1.54, 1.807) is 11.3 Å². The van der Waals surface area contributed by atoms with Gasteiger partial charge in [-0.25, -0.2) is 0 Å². The van der Waals surface area contributed by atoms with E-state index in [4.69, 9.17) is 4.74 Å². The molecule has 6 heteroatoms. The molecule has 0 radical (unpaired) electrons. The van der Waals surface area contributed by atoms with Crippen molar-refractivity contribution in [3.63, 3.8) is 0 Å². The Morgan fingerprint density at radius 2 is 2.56 bits per heavy atom. The molecular weight excluding hydrogens is 316 g/mol. The van der Waals surface area contributed by atoms with E-state index in [-0.39, 0.29) is 12.0 Å². The number of carbonyl (C=O) groups is 1. The molecular formula is C12H17BrN2O2S. The summed E-state index contributed by atoms with van der Waals surface area (Å²) in [4.78, 5) is 14.1. The third kappa shape index (κ3) is 3.54. The predicted octanol–water partition coefficient (Wildman–Crippen LogP) is 1.85. The lowest BCUT2D eigenvalue weighted by molar-refractivity contribution is -0.150. The van der Waals surface area contributed by atoms with Crippen LogP contribution < -0.4 is 5.32 Å². The predicted molar refractivity (Wildman–Crippen MR) is 75.7 cm³/mol. The van der Waals surface area contributed by atoms with Crippen molar-refractivity contribution >= 4 is 33.2 Å². The standard InChI is InChI=1S/C12H17BrN2O2S/c1-2-17-12(16)10-6-14-3-4-15(10)7-9-5-11(13)18-8-9/h5,8,10,14H,2-4,6-7H2,1H3. The number of nitrogens with zero attached hydrogens (tertiary/aromatic N) is 1. The highest BCUT2D eigenvalue weighted by Crippen LogP contribution is 2.22. The summed E-state index contributed by atoms with van der Waals surface area (Å²) < 4.78 is 6.25. The number of rotatable bonds is 4.